The number of carbonyl (C=O) groups excluding carboxylic acids is 1. The number of carbonyl (C=O) groups is 2. The summed E-state index contributed by atoms with van der Waals surface area (Å²) in [5, 5.41) is 11.6. The van der Waals surface area contributed by atoms with Gasteiger partial charge in [-0.25, -0.2) is 4.79 Å². The van der Waals surface area contributed by atoms with Gasteiger partial charge in [0.15, 0.2) is 0 Å². The third-order valence-corrected chi connectivity index (χ3v) is 3.51. The molecule has 2 rings (SSSR count). The van der Waals surface area contributed by atoms with Gasteiger partial charge in [0, 0.05) is 17.0 Å². The summed E-state index contributed by atoms with van der Waals surface area (Å²) in [6.45, 7) is 0. The molecule has 0 aliphatic heterocycles. The molecule has 0 bridgehead atoms. The number of benzene rings is 2. The monoisotopic (exact) mass is 301 g/mol. The second kappa shape index (κ2) is 6.95. The van der Waals surface area contributed by atoms with E-state index in [9.17, 15) is 9.59 Å². The number of amides is 1. The second-order valence-electron chi connectivity index (χ2n) is 4.47. The first-order valence-electron chi connectivity index (χ1n) is 6.33. The normalized spacial score (nSPS) is 10.1. The molecule has 0 atom stereocenters. The van der Waals surface area contributed by atoms with E-state index in [1.165, 1.54) is 12.1 Å². The minimum Gasteiger partial charge on any atom is -0.478 e. The van der Waals surface area contributed by atoms with Crippen LogP contribution in [0.15, 0.2) is 48.5 Å². The fourth-order valence-corrected chi connectivity index (χ4v) is 2.38. The van der Waals surface area contributed by atoms with E-state index in [1.54, 1.807) is 30.0 Å². The Hall–Kier alpha value is -2.27. The van der Waals surface area contributed by atoms with Crippen LogP contribution in [0.4, 0.5) is 5.69 Å². The van der Waals surface area contributed by atoms with Crippen molar-refractivity contribution in [2.24, 2.45) is 0 Å². The molecule has 0 spiro atoms. The molecule has 21 heavy (non-hydrogen) atoms. The molecule has 108 valence electrons. The first-order chi connectivity index (χ1) is 10.1. The average molecular weight is 301 g/mol. The molecule has 0 radical (unpaired) electrons. The Kier molecular flexibility index (Phi) is 5.00. The van der Waals surface area contributed by atoms with Gasteiger partial charge < -0.3 is 10.4 Å². The molecule has 0 saturated carbocycles. The standard InChI is InChI=1S/C16H15NO3S/c1-21-10-11-3-2-4-13(9-11)15(18)17-14-7-5-12(6-8-14)16(19)20/h2-9H,10H2,1H3,(H,17,18)(H,19,20). The van der Waals surface area contributed by atoms with Gasteiger partial charge in [-0.1, -0.05) is 12.1 Å². The van der Waals surface area contributed by atoms with Crippen LogP contribution < -0.4 is 5.32 Å². The summed E-state index contributed by atoms with van der Waals surface area (Å²) in [5.41, 5.74) is 2.44. The van der Waals surface area contributed by atoms with Gasteiger partial charge in [-0.3, -0.25) is 4.79 Å². The fraction of sp³-hybridized carbons (Fsp3) is 0.125. The summed E-state index contributed by atoms with van der Waals surface area (Å²) < 4.78 is 0. The van der Waals surface area contributed by atoms with Crippen LogP contribution in [0.5, 0.6) is 0 Å². The lowest BCUT2D eigenvalue weighted by Gasteiger charge is -2.07. The number of hydrogen-bond donors (Lipinski definition) is 2. The maximum Gasteiger partial charge on any atom is 0.335 e. The molecule has 2 aromatic rings. The number of aromatic carboxylic acids is 1. The topological polar surface area (TPSA) is 66.4 Å². The quantitative estimate of drug-likeness (QED) is 0.887. The Labute approximate surface area is 127 Å². The van der Waals surface area contributed by atoms with Crippen LogP contribution in [-0.4, -0.2) is 23.2 Å². The molecule has 0 aliphatic rings. The number of rotatable bonds is 5. The van der Waals surface area contributed by atoms with Crippen LogP contribution in [0.2, 0.25) is 0 Å². The van der Waals surface area contributed by atoms with E-state index in [4.69, 9.17) is 5.11 Å². The molecule has 2 aromatic carbocycles. The van der Waals surface area contributed by atoms with Gasteiger partial charge in [0.25, 0.3) is 5.91 Å². The van der Waals surface area contributed by atoms with Crippen molar-refractivity contribution in [3.63, 3.8) is 0 Å². The zero-order valence-electron chi connectivity index (χ0n) is 11.5. The highest BCUT2D eigenvalue weighted by Crippen LogP contribution is 2.14. The highest BCUT2D eigenvalue weighted by atomic mass is 32.2. The van der Waals surface area contributed by atoms with Crippen LogP contribution in [-0.2, 0) is 5.75 Å². The van der Waals surface area contributed by atoms with Gasteiger partial charge >= 0.3 is 5.97 Å². The summed E-state index contributed by atoms with van der Waals surface area (Å²) in [6.07, 6.45) is 2.01. The number of carboxylic acids is 1. The zero-order valence-corrected chi connectivity index (χ0v) is 12.3. The van der Waals surface area contributed by atoms with Gasteiger partial charge in [-0.2, -0.15) is 11.8 Å². The van der Waals surface area contributed by atoms with E-state index < -0.39 is 5.97 Å². The van der Waals surface area contributed by atoms with E-state index in [0.717, 1.165) is 11.3 Å². The van der Waals surface area contributed by atoms with Crippen LogP contribution in [0, 0.1) is 0 Å². The number of hydrogen-bond acceptors (Lipinski definition) is 3. The molecule has 0 fully saturated rings. The Bertz CT molecular complexity index is 653. The predicted octanol–water partition coefficient (Wildman–Crippen LogP) is 3.50. The van der Waals surface area contributed by atoms with Crippen LogP contribution in [0.1, 0.15) is 26.3 Å². The predicted molar refractivity (Wildman–Crippen MR) is 85.0 cm³/mol. The van der Waals surface area contributed by atoms with Gasteiger partial charge in [0.1, 0.15) is 0 Å². The van der Waals surface area contributed by atoms with Crippen molar-refractivity contribution in [1.29, 1.82) is 0 Å². The van der Waals surface area contributed by atoms with Gasteiger partial charge in [0.05, 0.1) is 5.56 Å². The van der Waals surface area contributed by atoms with Gasteiger partial charge in [-0.05, 0) is 48.2 Å². The third kappa shape index (κ3) is 4.10. The summed E-state index contributed by atoms with van der Waals surface area (Å²) >= 11 is 1.70. The van der Waals surface area contributed by atoms with Crippen molar-refractivity contribution in [2.75, 3.05) is 11.6 Å². The molecule has 0 heterocycles. The molecule has 0 aliphatic carbocycles. The van der Waals surface area contributed by atoms with Gasteiger partial charge in [0.2, 0.25) is 0 Å². The molecular weight excluding hydrogens is 286 g/mol. The number of anilines is 1. The molecule has 4 nitrogen and oxygen atoms in total. The van der Waals surface area contributed by atoms with Crippen LogP contribution in [0.3, 0.4) is 0 Å². The lowest BCUT2D eigenvalue weighted by atomic mass is 10.1. The first-order valence-corrected chi connectivity index (χ1v) is 7.72. The van der Waals surface area contributed by atoms with E-state index in [-0.39, 0.29) is 11.5 Å². The Balaban J connectivity index is 2.10. The van der Waals surface area contributed by atoms with Crippen LogP contribution >= 0.6 is 11.8 Å². The molecular formula is C16H15NO3S. The van der Waals surface area contributed by atoms with Crippen molar-refractivity contribution in [3.05, 3.63) is 65.2 Å². The smallest absolute Gasteiger partial charge is 0.335 e. The van der Waals surface area contributed by atoms with Crippen LogP contribution in [0.25, 0.3) is 0 Å². The Morgan fingerprint density at radius 1 is 1.10 bits per heavy atom. The molecule has 0 aromatic heterocycles. The molecule has 0 unspecified atom stereocenters. The first kappa shape index (κ1) is 15.1. The summed E-state index contributed by atoms with van der Waals surface area (Å²) in [4.78, 5) is 22.9. The van der Waals surface area contributed by atoms with Crippen molar-refractivity contribution in [2.45, 2.75) is 5.75 Å². The van der Waals surface area contributed by atoms with E-state index in [2.05, 4.69) is 5.32 Å². The maximum atomic E-state index is 12.2. The van der Waals surface area contributed by atoms with Crippen molar-refractivity contribution in [1.82, 2.24) is 0 Å². The van der Waals surface area contributed by atoms with E-state index in [0.29, 0.717) is 11.3 Å². The second-order valence-corrected chi connectivity index (χ2v) is 5.34. The minimum absolute atomic E-state index is 0.190. The number of thioether (sulfide) groups is 1. The average Bonchev–Trinajstić information content (AvgIpc) is 2.48. The highest BCUT2D eigenvalue weighted by Gasteiger charge is 2.08. The van der Waals surface area contributed by atoms with Crippen molar-refractivity contribution >= 4 is 29.3 Å². The summed E-state index contributed by atoms with van der Waals surface area (Å²) in [5.74, 6) is -0.340. The molecule has 0 saturated heterocycles. The maximum absolute atomic E-state index is 12.2. The Morgan fingerprint density at radius 2 is 1.81 bits per heavy atom. The zero-order chi connectivity index (χ0) is 15.2. The fourth-order valence-electron chi connectivity index (χ4n) is 1.87. The third-order valence-electron chi connectivity index (χ3n) is 2.89. The lowest BCUT2D eigenvalue weighted by molar-refractivity contribution is 0.0696. The number of carboxylic acid groups (broad SMARTS) is 1. The Morgan fingerprint density at radius 3 is 2.43 bits per heavy atom. The lowest BCUT2D eigenvalue weighted by Crippen LogP contribution is -2.12. The highest BCUT2D eigenvalue weighted by molar-refractivity contribution is 7.97. The SMILES string of the molecule is CSCc1cccc(C(=O)Nc2ccc(C(=O)O)cc2)c1. The minimum atomic E-state index is -0.988. The van der Waals surface area contributed by atoms with Crippen molar-refractivity contribution < 1.29 is 14.7 Å². The van der Waals surface area contributed by atoms with Crippen molar-refractivity contribution in [3.8, 4) is 0 Å². The molecule has 5 heteroatoms. The molecule has 2 N–H and O–H groups in total. The van der Waals surface area contributed by atoms with E-state index in [1.807, 2.05) is 24.5 Å². The summed E-state index contributed by atoms with van der Waals surface area (Å²) in [7, 11) is 0. The number of nitrogens with one attached hydrogen (secondary N) is 1. The summed E-state index contributed by atoms with van der Waals surface area (Å²) in [6, 6.07) is 13.5. The largest absolute Gasteiger partial charge is 0.478 e. The van der Waals surface area contributed by atoms with Gasteiger partial charge in [-0.15, -0.1) is 0 Å². The molecule has 1 amide bonds. The van der Waals surface area contributed by atoms with E-state index >= 15 is 0 Å².